The van der Waals surface area contributed by atoms with Crippen LogP contribution in [0.1, 0.15) is 0 Å². The van der Waals surface area contributed by atoms with Crippen LogP contribution in [0.25, 0.3) is 17.2 Å². The van der Waals surface area contributed by atoms with Crippen LogP contribution in [0.4, 0.5) is 5.69 Å². The van der Waals surface area contributed by atoms with Gasteiger partial charge in [0.2, 0.25) is 0 Å². The molecule has 2 aromatic heterocycles. The SMILES string of the molecule is Nc1cccc(-c2nccn2-c2nc[nH]c(=O)c2I)c1. The van der Waals surface area contributed by atoms with Crippen molar-refractivity contribution in [3.8, 4) is 17.2 Å². The summed E-state index contributed by atoms with van der Waals surface area (Å²) in [6.07, 6.45) is 4.81. The quantitative estimate of drug-likeness (QED) is 0.525. The third kappa shape index (κ3) is 2.20. The summed E-state index contributed by atoms with van der Waals surface area (Å²) in [7, 11) is 0. The summed E-state index contributed by atoms with van der Waals surface area (Å²) in [5.74, 6) is 1.23. The van der Waals surface area contributed by atoms with E-state index in [1.165, 1.54) is 6.33 Å². The Kier molecular flexibility index (Phi) is 3.26. The van der Waals surface area contributed by atoms with Crippen molar-refractivity contribution < 1.29 is 0 Å². The molecule has 0 saturated heterocycles. The predicted octanol–water partition coefficient (Wildman–Crippen LogP) is 1.81. The molecule has 0 atom stereocenters. The van der Waals surface area contributed by atoms with Crippen LogP contribution in [0.5, 0.6) is 0 Å². The molecule has 0 aliphatic rings. The van der Waals surface area contributed by atoms with Crippen LogP contribution < -0.4 is 11.3 Å². The number of benzene rings is 1. The standard InChI is InChI=1S/C13H10IN5O/c14-10-12(17-7-18-13(10)20)19-5-4-16-11(19)8-2-1-3-9(15)6-8/h1-7H,15H2,(H,17,18,20). The average molecular weight is 379 g/mol. The second kappa shape index (κ2) is 5.08. The number of halogens is 1. The van der Waals surface area contributed by atoms with Gasteiger partial charge in [-0.1, -0.05) is 12.1 Å². The normalized spacial score (nSPS) is 10.7. The fraction of sp³-hybridized carbons (Fsp3) is 0. The molecule has 1 aromatic carbocycles. The Morgan fingerprint density at radius 3 is 2.95 bits per heavy atom. The number of aromatic nitrogens is 4. The smallest absolute Gasteiger partial charge is 0.266 e. The van der Waals surface area contributed by atoms with Crippen molar-refractivity contribution in [3.05, 3.63) is 56.9 Å². The van der Waals surface area contributed by atoms with Crippen molar-refractivity contribution in [2.45, 2.75) is 0 Å². The highest BCUT2D eigenvalue weighted by atomic mass is 127. The molecule has 0 spiro atoms. The zero-order valence-electron chi connectivity index (χ0n) is 10.2. The maximum Gasteiger partial charge on any atom is 0.266 e. The van der Waals surface area contributed by atoms with E-state index >= 15 is 0 Å². The molecule has 0 bridgehead atoms. The van der Waals surface area contributed by atoms with E-state index < -0.39 is 0 Å². The topological polar surface area (TPSA) is 89.6 Å². The Morgan fingerprint density at radius 2 is 2.15 bits per heavy atom. The highest BCUT2D eigenvalue weighted by Gasteiger charge is 2.13. The van der Waals surface area contributed by atoms with Gasteiger partial charge in [-0.3, -0.25) is 9.36 Å². The molecular formula is C13H10IN5O. The average Bonchev–Trinajstić information content (AvgIpc) is 2.91. The van der Waals surface area contributed by atoms with E-state index in [0.29, 0.717) is 20.9 Å². The van der Waals surface area contributed by atoms with Crippen molar-refractivity contribution in [2.75, 3.05) is 5.73 Å². The molecule has 0 unspecified atom stereocenters. The lowest BCUT2D eigenvalue weighted by molar-refractivity contribution is 0.951. The fourth-order valence-corrected chi connectivity index (χ4v) is 2.46. The number of nitrogen functional groups attached to an aromatic ring is 1. The number of aromatic amines is 1. The molecule has 0 fully saturated rings. The van der Waals surface area contributed by atoms with Gasteiger partial charge in [-0.25, -0.2) is 9.97 Å². The number of H-pyrrole nitrogens is 1. The first-order valence-corrected chi connectivity index (χ1v) is 6.87. The van der Waals surface area contributed by atoms with Crippen LogP contribution in [-0.4, -0.2) is 19.5 Å². The van der Waals surface area contributed by atoms with Crippen LogP contribution in [-0.2, 0) is 0 Å². The molecular weight excluding hydrogens is 369 g/mol. The molecule has 3 aromatic rings. The highest BCUT2D eigenvalue weighted by molar-refractivity contribution is 14.1. The molecule has 0 amide bonds. The second-order valence-corrected chi connectivity index (χ2v) is 5.19. The van der Waals surface area contributed by atoms with Gasteiger partial charge in [-0.05, 0) is 34.7 Å². The minimum Gasteiger partial charge on any atom is -0.399 e. The van der Waals surface area contributed by atoms with E-state index in [1.54, 1.807) is 17.0 Å². The van der Waals surface area contributed by atoms with Crippen molar-refractivity contribution >= 4 is 28.3 Å². The molecule has 0 aliphatic carbocycles. The van der Waals surface area contributed by atoms with E-state index in [1.807, 2.05) is 46.9 Å². The molecule has 0 radical (unpaired) electrons. The van der Waals surface area contributed by atoms with Crippen molar-refractivity contribution in [2.24, 2.45) is 0 Å². The summed E-state index contributed by atoms with van der Waals surface area (Å²) in [6.45, 7) is 0. The number of hydrogen-bond donors (Lipinski definition) is 2. The Hall–Kier alpha value is -2.16. The summed E-state index contributed by atoms with van der Waals surface area (Å²) in [5.41, 5.74) is 7.15. The lowest BCUT2D eigenvalue weighted by Gasteiger charge is -2.08. The fourth-order valence-electron chi connectivity index (χ4n) is 1.91. The Morgan fingerprint density at radius 1 is 1.30 bits per heavy atom. The largest absolute Gasteiger partial charge is 0.399 e. The zero-order chi connectivity index (χ0) is 14.1. The minimum atomic E-state index is -0.178. The van der Waals surface area contributed by atoms with Crippen molar-refractivity contribution in [1.29, 1.82) is 0 Å². The molecule has 100 valence electrons. The number of rotatable bonds is 2. The summed E-state index contributed by atoms with van der Waals surface area (Å²) >= 11 is 1.97. The summed E-state index contributed by atoms with van der Waals surface area (Å²) in [6, 6.07) is 7.42. The number of nitrogens with zero attached hydrogens (tertiary/aromatic N) is 3. The minimum absolute atomic E-state index is 0.178. The lowest BCUT2D eigenvalue weighted by Crippen LogP contribution is -2.15. The first-order valence-electron chi connectivity index (χ1n) is 5.79. The van der Waals surface area contributed by atoms with Crippen LogP contribution >= 0.6 is 22.6 Å². The number of nitrogens with two attached hydrogens (primary N) is 1. The van der Waals surface area contributed by atoms with E-state index in [4.69, 9.17) is 5.73 Å². The molecule has 0 aliphatic heterocycles. The molecule has 6 nitrogen and oxygen atoms in total. The maximum atomic E-state index is 11.7. The van der Waals surface area contributed by atoms with E-state index in [9.17, 15) is 4.79 Å². The Bertz CT molecular complexity index is 823. The Balaban J connectivity index is 2.20. The zero-order valence-corrected chi connectivity index (χ0v) is 12.4. The molecule has 3 N–H and O–H groups in total. The number of anilines is 1. The molecule has 3 rings (SSSR count). The lowest BCUT2D eigenvalue weighted by atomic mass is 10.2. The van der Waals surface area contributed by atoms with Gasteiger partial charge in [-0.2, -0.15) is 0 Å². The van der Waals surface area contributed by atoms with E-state index in [0.717, 1.165) is 5.56 Å². The Labute approximate surface area is 127 Å². The maximum absolute atomic E-state index is 11.7. The van der Waals surface area contributed by atoms with Gasteiger partial charge < -0.3 is 10.7 Å². The van der Waals surface area contributed by atoms with Gasteiger partial charge in [0.25, 0.3) is 5.56 Å². The van der Waals surface area contributed by atoms with Gasteiger partial charge in [0, 0.05) is 23.6 Å². The monoisotopic (exact) mass is 379 g/mol. The molecule has 7 heteroatoms. The third-order valence-corrected chi connectivity index (χ3v) is 3.76. The molecule has 2 heterocycles. The van der Waals surface area contributed by atoms with E-state index in [2.05, 4.69) is 15.0 Å². The predicted molar refractivity (Wildman–Crippen MR) is 84.5 cm³/mol. The second-order valence-electron chi connectivity index (χ2n) is 4.12. The van der Waals surface area contributed by atoms with Crippen LogP contribution in [0.3, 0.4) is 0 Å². The summed E-state index contributed by atoms with van der Waals surface area (Å²) in [4.78, 5) is 22.8. The highest BCUT2D eigenvalue weighted by Crippen LogP contribution is 2.23. The van der Waals surface area contributed by atoms with Gasteiger partial charge in [0.05, 0.1) is 6.33 Å². The third-order valence-electron chi connectivity index (χ3n) is 2.79. The van der Waals surface area contributed by atoms with Crippen molar-refractivity contribution in [1.82, 2.24) is 19.5 Å². The number of imidazole rings is 1. The first-order chi connectivity index (χ1) is 9.66. The van der Waals surface area contributed by atoms with Gasteiger partial charge in [0.1, 0.15) is 9.39 Å². The summed E-state index contributed by atoms with van der Waals surface area (Å²) < 4.78 is 2.28. The number of nitrogens with one attached hydrogen (secondary N) is 1. The van der Waals surface area contributed by atoms with Gasteiger partial charge in [0.15, 0.2) is 5.82 Å². The van der Waals surface area contributed by atoms with Gasteiger partial charge >= 0.3 is 0 Å². The first kappa shape index (κ1) is 12.9. The van der Waals surface area contributed by atoms with Crippen LogP contribution in [0.15, 0.2) is 47.8 Å². The van der Waals surface area contributed by atoms with Gasteiger partial charge in [-0.15, -0.1) is 0 Å². The van der Waals surface area contributed by atoms with E-state index in [-0.39, 0.29) is 5.56 Å². The van der Waals surface area contributed by atoms with Crippen LogP contribution in [0, 0.1) is 3.57 Å². The molecule has 20 heavy (non-hydrogen) atoms. The molecule has 0 saturated carbocycles. The number of hydrogen-bond acceptors (Lipinski definition) is 4. The van der Waals surface area contributed by atoms with Crippen LogP contribution in [0.2, 0.25) is 0 Å². The van der Waals surface area contributed by atoms with Crippen molar-refractivity contribution in [3.63, 3.8) is 0 Å². The summed E-state index contributed by atoms with van der Waals surface area (Å²) in [5, 5.41) is 0.